The van der Waals surface area contributed by atoms with Crippen LogP contribution in [0, 0.1) is 12.8 Å². The summed E-state index contributed by atoms with van der Waals surface area (Å²) in [5, 5.41) is 5.09. The van der Waals surface area contributed by atoms with Gasteiger partial charge in [-0.15, -0.1) is 0 Å². The van der Waals surface area contributed by atoms with Crippen molar-refractivity contribution in [3.05, 3.63) is 113 Å². The normalized spacial score (nSPS) is 13.0. The van der Waals surface area contributed by atoms with E-state index in [0.29, 0.717) is 44.0 Å². The van der Waals surface area contributed by atoms with Crippen LogP contribution in [-0.4, -0.2) is 41.8 Å². The summed E-state index contributed by atoms with van der Waals surface area (Å²) >= 11 is 0. The van der Waals surface area contributed by atoms with Gasteiger partial charge < -0.3 is 15.1 Å². The summed E-state index contributed by atoms with van der Waals surface area (Å²) < 4.78 is 0. The quantitative estimate of drug-likeness (QED) is 0.221. The molecule has 6 nitrogen and oxygen atoms in total. The SMILES string of the molecule is Cc1ccc(CN(C(=O)CCCN2C(=O)c3cccc4cccc2c34)[C@H](Cc2ccccc2)C(=O)NCC(C)C)cc1. The lowest BCUT2D eigenvalue weighted by Gasteiger charge is -2.32. The highest BCUT2D eigenvalue weighted by Gasteiger charge is 2.32. The molecule has 0 aliphatic carbocycles. The number of nitrogens with zero attached hydrogens (tertiary/aromatic N) is 2. The molecule has 4 aromatic carbocycles. The van der Waals surface area contributed by atoms with E-state index in [0.717, 1.165) is 33.2 Å². The maximum atomic E-state index is 14.0. The van der Waals surface area contributed by atoms with Crippen molar-refractivity contribution in [2.75, 3.05) is 18.0 Å². The highest BCUT2D eigenvalue weighted by atomic mass is 16.2. The topological polar surface area (TPSA) is 69.7 Å². The summed E-state index contributed by atoms with van der Waals surface area (Å²) in [5.41, 5.74) is 4.71. The standard InChI is InChI=1S/C36H39N3O3/c1-25(2)23-37-35(41)32(22-27-10-5-4-6-11-27)39(24-28-19-17-26(3)18-20-28)33(40)16-9-21-38-31-15-8-13-29-12-7-14-30(34(29)31)36(38)42/h4-8,10-15,17-20,25,32H,9,16,21-24H2,1-3H3,(H,37,41)/t32-/m1/s1. The van der Waals surface area contributed by atoms with E-state index in [2.05, 4.69) is 19.2 Å². The van der Waals surface area contributed by atoms with Crippen molar-refractivity contribution in [2.45, 2.75) is 52.6 Å². The summed E-state index contributed by atoms with van der Waals surface area (Å²) in [4.78, 5) is 44.4. The molecule has 1 aliphatic heterocycles. The largest absolute Gasteiger partial charge is 0.354 e. The molecule has 0 unspecified atom stereocenters. The third kappa shape index (κ3) is 6.54. The van der Waals surface area contributed by atoms with Crippen LogP contribution >= 0.6 is 0 Å². The summed E-state index contributed by atoms with van der Waals surface area (Å²) in [6.45, 7) is 7.45. The van der Waals surface area contributed by atoms with Gasteiger partial charge in [0, 0.05) is 43.4 Å². The van der Waals surface area contributed by atoms with Crippen LogP contribution in [0.25, 0.3) is 10.8 Å². The summed E-state index contributed by atoms with van der Waals surface area (Å²) in [6.07, 6.45) is 1.14. The molecule has 0 aromatic heterocycles. The smallest absolute Gasteiger partial charge is 0.258 e. The van der Waals surface area contributed by atoms with Crippen LogP contribution in [0.5, 0.6) is 0 Å². The first kappa shape index (κ1) is 29.1. The fourth-order valence-corrected chi connectivity index (χ4v) is 5.60. The van der Waals surface area contributed by atoms with Crippen LogP contribution < -0.4 is 10.2 Å². The molecule has 0 saturated carbocycles. The Balaban J connectivity index is 1.37. The number of hydrogen-bond acceptors (Lipinski definition) is 3. The molecule has 0 fully saturated rings. The van der Waals surface area contributed by atoms with Crippen LogP contribution in [0.4, 0.5) is 5.69 Å². The van der Waals surface area contributed by atoms with Crippen molar-refractivity contribution in [3.8, 4) is 0 Å². The molecule has 0 spiro atoms. The van der Waals surface area contributed by atoms with E-state index in [4.69, 9.17) is 0 Å². The average Bonchev–Trinajstić information content (AvgIpc) is 3.27. The molecule has 1 atom stereocenters. The molecule has 0 bridgehead atoms. The number of benzene rings is 4. The minimum atomic E-state index is -0.661. The number of hydrogen-bond donors (Lipinski definition) is 1. The second-order valence-electron chi connectivity index (χ2n) is 11.6. The first-order valence-electron chi connectivity index (χ1n) is 14.8. The monoisotopic (exact) mass is 561 g/mol. The number of nitrogens with one attached hydrogen (secondary N) is 1. The van der Waals surface area contributed by atoms with Crippen LogP contribution in [-0.2, 0) is 22.6 Å². The van der Waals surface area contributed by atoms with E-state index in [1.54, 1.807) is 9.80 Å². The number of anilines is 1. The number of carbonyl (C=O) groups excluding carboxylic acids is 3. The van der Waals surface area contributed by atoms with Gasteiger partial charge in [-0.05, 0) is 47.9 Å². The second-order valence-corrected chi connectivity index (χ2v) is 11.6. The lowest BCUT2D eigenvalue weighted by Crippen LogP contribution is -2.51. The summed E-state index contributed by atoms with van der Waals surface area (Å²) in [7, 11) is 0. The van der Waals surface area contributed by atoms with Crippen molar-refractivity contribution >= 4 is 34.2 Å². The molecule has 1 heterocycles. The number of carbonyl (C=O) groups is 3. The van der Waals surface area contributed by atoms with Gasteiger partial charge in [-0.1, -0.05) is 98.3 Å². The van der Waals surface area contributed by atoms with Crippen molar-refractivity contribution in [3.63, 3.8) is 0 Å². The second kappa shape index (κ2) is 13.0. The van der Waals surface area contributed by atoms with Gasteiger partial charge in [0.1, 0.15) is 6.04 Å². The molecular weight excluding hydrogens is 522 g/mol. The Labute approximate surface area is 248 Å². The Hall–Kier alpha value is -4.45. The lowest BCUT2D eigenvalue weighted by atomic mass is 10.0. The van der Waals surface area contributed by atoms with Gasteiger partial charge in [0.05, 0.1) is 5.69 Å². The predicted molar refractivity (Wildman–Crippen MR) is 168 cm³/mol. The van der Waals surface area contributed by atoms with Crippen molar-refractivity contribution in [1.82, 2.24) is 10.2 Å². The van der Waals surface area contributed by atoms with E-state index in [9.17, 15) is 14.4 Å². The van der Waals surface area contributed by atoms with Gasteiger partial charge in [0.15, 0.2) is 0 Å². The van der Waals surface area contributed by atoms with E-state index in [1.165, 1.54) is 0 Å². The zero-order valence-corrected chi connectivity index (χ0v) is 24.7. The summed E-state index contributed by atoms with van der Waals surface area (Å²) in [6, 6.07) is 29.0. The minimum Gasteiger partial charge on any atom is -0.354 e. The van der Waals surface area contributed by atoms with Crippen molar-refractivity contribution in [2.24, 2.45) is 5.92 Å². The Morgan fingerprint density at radius 1 is 0.857 bits per heavy atom. The van der Waals surface area contributed by atoms with Crippen molar-refractivity contribution < 1.29 is 14.4 Å². The molecule has 42 heavy (non-hydrogen) atoms. The van der Waals surface area contributed by atoms with Crippen LogP contribution in [0.2, 0.25) is 0 Å². The van der Waals surface area contributed by atoms with Crippen LogP contribution in [0.1, 0.15) is 53.7 Å². The molecule has 1 N–H and O–H groups in total. The van der Waals surface area contributed by atoms with E-state index < -0.39 is 6.04 Å². The molecule has 6 heteroatoms. The van der Waals surface area contributed by atoms with Gasteiger partial charge in [0.25, 0.3) is 5.91 Å². The Bertz CT molecular complexity index is 1560. The Morgan fingerprint density at radius 3 is 2.29 bits per heavy atom. The number of aryl methyl sites for hydroxylation is 1. The van der Waals surface area contributed by atoms with Crippen molar-refractivity contribution in [1.29, 1.82) is 0 Å². The molecule has 5 rings (SSSR count). The molecular formula is C36H39N3O3. The van der Waals surface area contributed by atoms with Crippen LogP contribution in [0.3, 0.4) is 0 Å². The van der Waals surface area contributed by atoms with E-state index >= 15 is 0 Å². The molecule has 3 amide bonds. The fourth-order valence-electron chi connectivity index (χ4n) is 5.60. The zero-order valence-electron chi connectivity index (χ0n) is 24.7. The maximum Gasteiger partial charge on any atom is 0.258 e. The van der Waals surface area contributed by atoms with Gasteiger partial charge in [-0.25, -0.2) is 0 Å². The van der Waals surface area contributed by atoms with Gasteiger partial charge >= 0.3 is 0 Å². The molecule has 0 saturated heterocycles. The van der Waals surface area contributed by atoms with E-state index in [1.807, 2.05) is 97.9 Å². The first-order chi connectivity index (χ1) is 20.3. The van der Waals surface area contributed by atoms with Gasteiger partial charge in [-0.3, -0.25) is 14.4 Å². The number of amides is 3. The maximum absolute atomic E-state index is 14.0. The van der Waals surface area contributed by atoms with Gasteiger partial charge in [0.2, 0.25) is 11.8 Å². The highest BCUT2D eigenvalue weighted by molar-refractivity contribution is 6.25. The van der Waals surface area contributed by atoms with Gasteiger partial charge in [-0.2, -0.15) is 0 Å². The minimum absolute atomic E-state index is 0.0271. The lowest BCUT2D eigenvalue weighted by molar-refractivity contribution is -0.141. The van der Waals surface area contributed by atoms with E-state index in [-0.39, 0.29) is 24.1 Å². The first-order valence-corrected chi connectivity index (χ1v) is 14.8. The summed E-state index contributed by atoms with van der Waals surface area (Å²) in [5.74, 6) is 0.0170. The predicted octanol–water partition coefficient (Wildman–Crippen LogP) is 6.30. The Kier molecular flexibility index (Phi) is 9.01. The average molecular weight is 562 g/mol. The molecule has 1 aliphatic rings. The molecule has 216 valence electrons. The highest BCUT2D eigenvalue weighted by Crippen LogP contribution is 2.37. The Morgan fingerprint density at radius 2 is 1.57 bits per heavy atom. The molecule has 0 radical (unpaired) electrons. The number of rotatable bonds is 12. The van der Waals surface area contributed by atoms with Crippen LogP contribution in [0.15, 0.2) is 91.0 Å². The zero-order chi connectivity index (χ0) is 29.6. The third-order valence-corrected chi connectivity index (χ3v) is 7.85. The molecule has 4 aromatic rings. The fraction of sp³-hybridized carbons (Fsp3) is 0.306. The third-order valence-electron chi connectivity index (χ3n) is 7.85.